The Bertz CT molecular complexity index is 450. The lowest BCUT2D eigenvalue weighted by atomic mass is 10.2. The number of aromatic nitrogens is 1. The number of anilines is 1. The molecule has 1 saturated heterocycles. The first-order chi connectivity index (χ1) is 9.18. The third-order valence-electron chi connectivity index (χ3n) is 2.94. The van der Waals surface area contributed by atoms with Gasteiger partial charge in [0, 0.05) is 32.4 Å². The quantitative estimate of drug-likeness (QED) is 0.846. The Kier molecular flexibility index (Phi) is 4.95. The Morgan fingerprint density at radius 3 is 2.95 bits per heavy atom. The highest BCUT2D eigenvalue weighted by Gasteiger charge is 2.14. The number of carbonyl (C=O) groups is 1. The second-order valence-corrected chi connectivity index (χ2v) is 4.59. The lowest BCUT2D eigenvalue weighted by Crippen LogP contribution is -2.39. The minimum absolute atomic E-state index is 0.0607. The van der Waals surface area contributed by atoms with E-state index in [-0.39, 0.29) is 10.6 Å². The highest BCUT2D eigenvalue weighted by Crippen LogP contribution is 2.23. The third kappa shape index (κ3) is 3.79. The van der Waals surface area contributed by atoms with Gasteiger partial charge in [-0.2, -0.15) is 0 Å². The van der Waals surface area contributed by atoms with Crippen LogP contribution in [0.2, 0.25) is 5.02 Å². The molecule has 0 bridgehead atoms. The number of nitrogens with zero attached hydrogens (tertiary/aromatic N) is 2. The molecule has 0 aliphatic carbocycles. The lowest BCUT2D eigenvalue weighted by molar-refractivity contribution is 0.0398. The number of rotatable bonds is 5. The molecule has 0 atom stereocenters. The summed E-state index contributed by atoms with van der Waals surface area (Å²) in [5, 5.41) is 12.2. The largest absolute Gasteiger partial charge is 0.478 e. The Morgan fingerprint density at radius 2 is 2.26 bits per heavy atom. The predicted octanol–water partition coefficient (Wildman–Crippen LogP) is 1.18. The van der Waals surface area contributed by atoms with Crippen LogP contribution in [-0.2, 0) is 4.74 Å². The summed E-state index contributed by atoms with van der Waals surface area (Å²) in [4.78, 5) is 17.3. The Balaban J connectivity index is 1.88. The van der Waals surface area contributed by atoms with Gasteiger partial charge in [-0.1, -0.05) is 11.6 Å². The summed E-state index contributed by atoms with van der Waals surface area (Å²) in [6.45, 7) is 4.85. The topological polar surface area (TPSA) is 74.7 Å². The van der Waals surface area contributed by atoms with E-state index in [9.17, 15) is 4.79 Å². The standard InChI is InChI=1S/C12H16ClN3O3/c13-10-9(12(17)18)1-2-14-11(10)15-3-4-16-5-7-19-8-6-16/h1-2H,3-8H2,(H,14,15)(H,17,18). The molecule has 0 saturated carbocycles. The van der Waals surface area contributed by atoms with Crippen LogP contribution in [0, 0.1) is 0 Å². The number of morpholine rings is 1. The van der Waals surface area contributed by atoms with Crippen molar-refractivity contribution >= 4 is 23.4 Å². The molecule has 2 rings (SSSR count). The normalized spacial score (nSPS) is 16.3. The first-order valence-electron chi connectivity index (χ1n) is 6.10. The van der Waals surface area contributed by atoms with Crippen LogP contribution in [-0.4, -0.2) is 60.4 Å². The van der Waals surface area contributed by atoms with Crippen molar-refractivity contribution < 1.29 is 14.6 Å². The molecule has 2 N–H and O–H groups in total. The van der Waals surface area contributed by atoms with Crippen LogP contribution < -0.4 is 5.32 Å². The Morgan fingerprint density at radius 1 is 1.53 bits per heavy atom. The van der Waals surface area contributed by atoms with Gasteiger partial charge >= 0.3 is 5.97 Å². The average molecular weight is 286 g/mol. The monoisotopic (exact) mass is 285 g/mol. The summed E-state index contributed by atoms with van der Waals surface area (Å²) in [5.74, 6) is -0.640. The average Bonchev–Trinajstić information content (AvgIpc) is 2.41. The zero-order valence-corrected chi connectivity index (χ0v) is 11.2. The number of ether oxygens (including phenoxy) is 1. The molecule has 1 aliphatic rings. The van der Waals surface area contributed by atoms with E-state index in [1.165, 1.54) is 12.3 Å². The summed E-state index contributed by atoms with van der Waals surface area (Å²) in [7, 11) is 0. The van der Waals surface area contributed by atoms with Crippen molar-refractivity contribution in [2.45, 2.75) is 0 Å². The molecule has 0 radical (unpaired) electrons. The van der Waals surface area contributed by atoms with Crippen LogP contribution in [0.15, 0.2) is 12.3 Å². The second-order valence-electron chi connectivity index (χ2n) is 4.21. The molecule has 0 spiro atoms. The zero-order chi connectivity index (χ0) is 13.7. The van der Waals surface area contributed by atoms with Crippen LogP contribution >= 0.6 is 11.6 Å². The van der Waals surface area contributed by atoms with Gasteiger partial charge in [0.25, 0.3) is 0 Å². The summed E-state index contributed by atoms with van der Waals surface area (Å²) >= 11 is 5.99. The predicted molar refractivity (Wildman–Crippen MR) is 72.0 cm³/mol. The van der Waals surface area contributed by atoms with Crippen molar-refractivity contribution in [1.29, 1.82) is 0 Å². The van der Waals surface area contributed by atoms with Crippen molar-refractivity contribution in [2.75, 3.05) is 44.7 Å². The molecule has 104 valence electrons. The van der Waals surface area contributed by atoms with Crippen molar-refractivity contribution in [1.82, 2.24) is 9.88 Å². The maximum Gasteiger partial charge on any atom is 0.337 e. The number of carboxylic acids is 1. The van der Waals surface area contributed by atoms with E-state index >= 15 is 0 Å². The van der Waals surface area contributed by atoms with E-state index in [2.05, 4.69) is 15.2 Å². The number of carboxylic acid groups (broad SMARTS) is 1. The summed E-state index contributed by atoms with van der Waals surface area (Å²) in [6.07, 6.45) is 1.44. The van der Waals surface area contributed by atoms with Crippen LogP contribution in [0.25, 0.3) is 0 Å². The lowest BCUT2D eigenvalue weighted by Gasteiger charge is -2.26. The van der Waals surface area contributed by atoms with E-state index in [0.717, 1.165) is 32.8 Å². The van der Waals surface area contributed by atoms with Gasteiger partial charge in [-0.05, 0) is 6.07 Å². The Labute approximate surface area is 116 Å². The van der Waals surface area contributed by atoms with Gasteiger partial charge in [0.1, 0.15) is 5.82 Å². The molecule has 0 unspecified atom stereocenters. The van der Waals surface area contributed by atoms with Gasteiger partial charge in [-0.15, -0.1) is 0 Å². The summed E-state index contributed by atoms with van der Waals surface area (Å²) in [6, 6.07) is 1.39. The third-order valence-corrected chi connectivity index (χ3v) is 3.33. The van der Waals surface area contributed by atoms with Crippen molar-refractivity contribution in [3.8, 4) is 0 Å². The molecule has 0 aromatic carbocycles. The highest BCUT2D eigenvalue weighted by molar-refractivity contribution is 6.35. The van der Waals surface area contributed by atoms with E-state index in [4.69, 9.17) is 21.4 Å². The van der Waals surface area contributed by atoms with Gasteiger partial charge in [0.2, 0.25) is 0 Å². The summed E-state index contributed by atoms with van der Waals surface area (Å²) in [5.41, 5.74) is 0.0607. The number of nitrogens with one attached hydrogen (secondary N) is 1. The fraction of sp³-hybridized carbons (Fsp3) is 0.500. The van der Waals surface area contributed by atoms with E-state index in [1.807, 2.05) is 0 Å². The van der Waals surface area contributed by atoms with Gasteiger partial charge in [0.15, 0.2) is 0 Å². The number of hydrogen-bond acceptors (Lipinski definition) is 5. The molecular formula is C12H16ClN3O3. The van der Waals surface area contributed by atoms with Gasteiger partial charge in [-0.3, -0.25) is 4.90 Å². The van der Waals surface area contributed by atoms with Crippen molar-refractivity contribution in [2.24, 2.45) is 0 Å². The fourth-order valence-corrected chi connectivity index (χ4v) is 2.15. The minimum Gasteiger partial charge on any atom is -0.478 e. The number of halogens is 1. The van der Waals surface area contributed by atoms with Crippen LogP contribution in [0.4, 0.5) is 5.82 Å². The molecule has 1 aromatic heterocycles. The molecule has 2 heterocycles. The fourth-order valence-electron chi connectivity index (χ4n) is 1.89. The maximum atomic E-state index is 10.9. The molecular weight excluding hydrogens is 270 g/mol. The highest BCUT2D eigenvalue weighted by atomic mass is 35.5. The van der Waals surface area contributed by atoms with Gasteiger partial charge < -0.3 is 15.2 Å². The van der Waals surface area contributed by atoms with Crippen LogP contribution in [0.3, 0.4) is 0 Å². The summed E-state index contributed by atoms with van der Waals surface area (Å²) < 4.78 is 5.26. The Hall–Kier alpha value is -1.37. The van der Waals surface area contributed by atoms with Gasteiger partial charge in [-0.25, -0.2) is 9.78 Å². The minimum atomic E-state index is -1.05. The van der Waals surface area contributed by atoms with Crippen molar-refractivity contribution in [3.63, 3.8) is 0 Å². The first-order valence-corrected chi connectivity index (χ1v) is 6.48. The zero-order valence-electron chi connectivity index (χ0n) is 10.4. The first kappa shape index (κ1) is 14.0. The van der Waals surface area contributed by atoms with Crippen LogP contribution in [0.1, 0.15) is 10.4 Å². The molecule has 0 amide bonds. The number of aromatic carboxylic acids is 1. The van der Waals surface area contributed by atoms with E-state index in [0.29, 0.717) is 12.4 Å². The smallest absolute Gasteiger partial charge is 0.337 e. The van der Waals surface area contributed by atoms with E-state index in [1.54, 1.807) is 0 Å². The van der Waals surface area contributed by atoms with Gasteiger partial charge in [0.05, 0.1) is 23.8 Å². The number of hydrogen-bond donors (Lipinski definition) is 2. The van der Waals surface area contributed by atoms with Crippen LogP contribution in [0.5, 0.6) is 0 Å². The molecule has 6 nitrogen and oxygen atoms in total. The van der Waals surface area contributed by atoms with E-state index < -0.39 is 5.97 Å². The second kappa shape index (κ2) is 6.70. The van der Waals surface area contributed by atoms with Crippen molar-refractivity contribution in [3.05, 3.63) is 22.8 Å². The molecule has 1 fully saturated rings. The molecule has 1 aliphatic heterocycles. The maximum absolute atomic E-state index is 10.9. The molecule has 19 heavy (non-hydrogen) atoms. The molecule has 1 aromatic rings. The SMILES string of the molecule is O=C(O)c1ccnc(NCCN2CCOCC2)c1Cl. The molecule has 7 heteroatoms. The number of pyridine rings is 1.